The number of aromatic nitrogens is 2. The summed E-state index contributed by atoms with van der Waals surface area (Å²) in [4.78, 5) is 0. The zero-order valence-electron chi connectivity index (χ0n) is 10.1. The van der Waals surface area contributed by atoms with Gasteiger partial charge in [0.2, 0.25) is 0 Å². The van der Waals surface area contributed by atoms with Crippen molar-refractivity contribution in [1.29, 1.82) is 5.26 Å². The molecule has 0 unspecified atom stereocenters. The van der Waals surface area contributed by atoms with Gasteiger partial charge in [-0.3, -0.25) is 4.68 Å². The van der Waals surface area contributed by atoms with Crippen LogP contribution >= 0.6 is 0 Å². The third kappa shape index (κ3) is 2.18. The highest BCUT2D eigenvalue weighted by molar-refractivity contribution is 5.46. The Kier molecular flexibility index (Phi) is 3.28. The van der Waals surface area contributed by atoms with E-state index in [9.17, 15) is 4.39 Å². The van der Waals surface area contributed by atoms with Crippen LogP contribution in [-0.4, -0.2) is 16.9 Å². The number of aryl methyl sites for hydroxylation is 1. The van der Waals surface area contributed by atoms with E-state index in [-0.39, 0.29) is 11.3 Å². The molecule has 0 amide bonds. The highest BCUT2D eigenvalue weighted by atomic mass is 19.1. The normalized spacial score (nSPS) is 10.1. The van der Waals surface area contributed by atoms with Gasteiger partial charge >= 0.3 is 0 Å². The van der Waals surface area contributed by atoms with Crippen molar-refractivity contribution in [3.05, 3.63) is 47.0 Å². The average Bonchev–Trinajstić information content (AvgIpc) is 2.74. The molecule has 0 N–H and O–H groups in total. The molecule has 0 aliphatic carbocycles. The third-order valence-electron chi connectivity index (χ3n) is 2.71. The van der Waals surface area contributed by atoms with E-state index in [0.717, 1.165) is 5.69 Å². The van der Waals surface area contributed by atoms with Gasteiger partial charge in [-0.2, -0.15) is 10.4 Å². The topological polar surface area (TPSA) is 50.8 Å². The minimum absolute atomic E-state index is 0.0709. The number of benzene rings is 1. The van der Waals surface area contributed by atoms with Gasteiger partial charge in [0, 0.05) is 11.9 Å². The van der Waals surface area contributed by atoms with Gasteiger partial charge in [0.05, 0.1) is 13.7 Å². The molecule has 92 valence electrons. The lowest BCUT2D eigenvalue weighted by molar-refractivity contribution is 0.408. The lowest BCUT2D eigenvalue weighted by Gasteiger charge is -2.09. The Balaban J connectivity index is 2.39. The molecule has 2 rings (SSSR count). The summed E-state index contributed by atoms with van der Waals surface area (Å²) in [6, 6.07) is 6.65. The molecular weight excluding hydrogens is 233 g/mol. The molecule has 4 nitrogen and oxygen atoms in total. The maximum absolute atomic E-state index is 13.7. The minimum atomic E-state index is -0.573. The Morgan fingerprint density at radius 1 is 1.50 bits per heavy atom. The Morgan fingerprint density at radius 2 is 2.28 bits per heavy atom. The first-order chi connectivity index (χ1) is 8.65. The summed E-state index contributed by atoms with van der Waals surface area (Å²) >= 11 is 0. The molecule has 0 aliphatic heterocycles. The molecule has 0 aliphatic rings. The van der Waals surface area contributed by atoms with E-state index in [4.69, 9.17) is 10.00 Å². The van der Waals surface area contributed by atoms with Crippen LogP contribution in [0.25, 0.3) is 0 Å². The lowest BCUT2D eigenvalue weighted by Crippen LogP contribution is -2.05. The van der Waals surface area contributed by atoms with E-state index < -0.39 is 5.82 Å². The molecule has 0 fully saturated rings. The van der Waals surface area contributed by atoms with Gasteiger partial charge < -0.3 is 4.74 Å². The summed E-state index contributed by atoms with van der Waals surface area (Å²) < 4.78 is 20.5. The van der Waals surface area contributed by atoms with Gasteiger partial charge in [0.25, 0.3) is 0 Å². The predicted octanol–water partition coefficient (Wildman–Crippen LogP) is 2.26. The number of rotatable bonds is 3. The summed E-state index contributed by atoms with van der Waals surface area (Å²) in [5.74, 6) is -0.325. The third-order valence-corrected chi connectivity index (χ3v) is 2.71. The van der Waals surface area contributed by atoms with Crippen LogP contribution in [0.4, 0.5) is 4.39 Å². The predicted molar refractivity (Wildman–Crippen MR) is 63.7 cm³/mol. The average molecular weight is 245 g/mol. The fourth-order valence-corrected chi connectivity index (χ4v) is 1.73. The standard InChI is InChI=1S/C13H12FN3O/c1-9-3-4-16-17(9)8-10-5-12(14)11(7-15)13(6-10)18-2/h3-6H,8H2,1-2H3. The lowest BCUT2D eigenvalue weighted by atomic mass is 10.1. The summed E-state index contributed by atoms with van der Waals surface area (Å²) in [6.45, 7) is 2.36. The second-order valence-corrected chi connectivity index (χ2v) is 3.90. The second-order valence-electron chi connectivity index (χ2n) is 3.90. The summed E-state index contributed by atoms with van der Waals surface area (Å²) in [5, 5.41) is 13.0. The highest BCUT2D eigenvalue weighted by Gasteiger charge is 2.12. The van der Waals surface area contributed by atoms with E-state index in [1.54, 1.807) is 23.0 Å². The zero-order chi connectivity index (χ0) is 13.1. The van der Waals surface area contributed by atoms with Crippen molar-refractivity contribution >= 4 is 0 Å². The van der Waals surface area contributed by atoms with Crippen molar-refractivity contribution in [3.8, 4) is 11.8 Å². The number of nitrogens with zero attached hydrogens (tertiary/aromatic N) is 3. The second kappa shape index (κ2) is 4.88. The molecule has 2 aromatic rings. The van der Waals surface area contributed by atoms with Crippen LogP contribution in [0.5, 0.6) is 5.75 Å². The fourth-order valence-electron chi connectivity index (χ4n) is 1.73. The van der Waals surface area contributed by atoms with E-state index in [1.165, 1.54) is 13.2 Å². The van der Waals surface area contributed by atoms with Crippen LogP contribution in [-0.2, 0) is 6.54 Å². The number of nitriles is 1. The number of halogens is 1. The minimum Gasteiger partial charge on any atom is -0.495 e. The van der Waals surface area contributed by atoms with Gasteiger partial charge in [0.15, 0.2) is 0 Å². The first-order valence-electron chi connectivity index (χ1n) is 5.40. The SMILES string of the molecule is COc1cc(Cn2nccc2C)cc(F)c1C#N. The van der Waals surface area contributed by atoms with Gasteiger partial charge in [-0.1, -0.05) is 0 Å². The van der Waals surface area contributed by atoms with Crippen LogP contribution in [0.3, 0.4) is 0 Å². The molecule has 5 heteroatoms. The van der Waals surface area contributed by atoms with Crippen LogP contribution < -0.4 is 4.74 Å². The molecular formula is C13H12FN3O. The maximum atomic E-state index is 13.7. The number of hydrogen-bond donors (Lipinski definition) is 0. The van der Waals surface area contributed by atoms with Gasteiger partial charge in [-0.15, -0.1) is 0 Å². The molecule has 0 spiro atoms. The molecule has 18 heavy (non-hydrogen) atoms. The molecule has 1 aromatic carbocycles. The number of methoxy groups -OCH3 is 1. The number of hydrogen-bond acceptors (Lipinski definition) is 3. The Bertz CT molecular complexity index is 613. The van der Waals surface area contributed by atoms with Crippen molar-refractivity contribution in [2.75, 3.05) is 7.11 Å². The maximum Gasteiger partial charge on any atom is 0.145 e. The molecule has 0 saturated heterocycles. The molecule has 0 bridgehead atoms. The van der Waals surface area contributed by atoms with Gasteiger partial charge in [0.1, 0.15) is 23.2 Å². The Morgan fingerprint density at radius 3 is 2.83 bits per heavy atom. The van der Waals surface area contributed by atoms with Crippen LogP contribution in [0.15, 0.2) is 24.4 Å². The molecule has 1 aromatic heterocycles. The smallest absolute Gasteiger partial charge is 0.145 e. The van der Waals surface area contributed by atoms with E-state index >= 15 is 0 Å². The molecule has 0 saturated carbocycles. The zero-order valence-corrected chi connectivity index (χ0v) is 10.1. The Labute approximate surface area is 104 Å². The molecule has 1 heterocycles. The highest BCUT2D eigenvalue weighted by Crippen LogP contribution is 2.23. The van der Waals surface area contributed by atoms with Crippen molar-refractivity contribution in [2.45, 2.75) is 13.5 Å². The largest absolute Gasteiger partial charge is 0.495 e. The quantitative estimate of drug-likeness (QED) is 0.833. The Hall–Kier alpha value is -2.35. The summed E-state index contributed by atoms with van der Waals surface area (Å²) in [6.07, 6.45) is 1.69. The van der Waals surface area contributed by atoms with E-state index in [0.29, 0.717) is 12.1 Å². The van der Waals surface area contributed by atoms with Crippen molar-refractivity contribution < 1.29 is 9.13 Å². The fraction of sp³-hybridized carbons (Fsp3) is 0.231. The van der Waals surface area contributed by atoms with Gasteiger partial charge in [-0.25, -0.2) is 4.39 Å². The van der Waals surface area contributed by atoms with Crippen LogP contribution in [0.2, 0.25) is 0 Å². The summed E-state index contributed by atoms with van der Waals surface area (Å²) in [7, 11) is 1.42. The summed E-state index contributed by atoms with van der Waals surface area (Å²) in [5.41, 5.74) is 1.62. The van der Waals surface area contributed by atoms with Gasteiger partial charge in [-0.05, 0) is 30.7 Å². The number of ether oxygens (including phenoxy) is 1. The van der Waals surface area contributed by atoms with Crippen molar-refractivity contribution in [1.82, 2.24) is 9.78 Å². The monoisotopic (exact) mass is 245 g/mol. The molecule has 0 atom stereocenters. The van der Waals surface area contributed by atoms with Crippen molar-refractivity contribution in [2.24, 2.45) is 0 Å². The first kappa shape index (κ1) is 12.1. The van der Waals surface area contributed by atoms with E-state index in [2.05, 4.69) is 5.10 Å². The van der Waals surface area contributed by atoms with Crippen LogP contribution in [0.1, 0.15) is 16.8 Å². The van der Waals surface area contributed by atoms with E-state index in [1.807, 2.05) is 13.0 Å². The van der Waals surface area contributed by atoms with Crippen LogP contribution in [0, 0.1) is 24.1 Å². The molecule has 0 radical (unpaired) electrons. The first-order valence-corrected chi connectivity index (χ1v) is 5.40. The van der Waals surface area contributed by atoms with Crippen molar-refractivity contribution in [3.63, 3.8) is 0 Å².